The number of aromatic amines is 1. The Kier molecular flexibility index (Phi) is 5.47. The predicted molar refractivity (Wildman–Crippen MR) is 95.4 cm³/mol. The number of likely N-dealkylation sites (tertiary alicyclic amines) is 2. The number of aryl methyl sites for hydroxylation is 1. The molecule has 2 saturated heterocycles. The molecule has 6 heteroatoms. The lowest BCUT2D eigenvalue weighted by molar-refractivity contribution is -0.139. The van der Waals surface area contributed by atoms with Gasteiger partial charge in [0, 0.05) is 45.4 Å². The Balaban J connectivity index is 1.59. The topological polar surface area (TPSA) is 65.6 Å². The normalized spacial score (nSPS) is 20.3. The van der Waals surface area contributed by atoms with Crippen LogP contribution in [-0.2, 0) is 16.0 Å². The fourth-order valence-corrected chi connectivity index (χ4v) is 4.04. The van der Waals surface area contributed by atoms with Crippen LogP contribution in [0.4, 0.5) is 0 Å². The van der Waals surface area contributed by atoms with Crippen LogP contribution in [0.3, 0.4) is 0 Å². The Morgan fingerprint density at radius 3 is 2.68 bits per heavy atom. The van der Waals surface area contributed by atoms with Gasteiger partial charge in [0.05, 0.1) is 6.61 Å². The molecule has 2 aliphatic heterocycles. The molecule has 1 aromatic rings. The summed E-state index contributed by atoms with van der Waals surface area (Å²) in [6.07, 6.45) is 4.41. The van der Waals surface area contributed by atoms with Crippen LogP contribution in [0.2, 0.25) is 0 Å². The van der Waals surface area contributed by atoms with E-state index >= 15 is 0 Å². The number of methoxy groups -OCH3 is 1. The van der Waals surface area contributed by atoms with Crippen molar-refractivity contribution in [2.24, 2.45) is 5.41 Å². The molecule has 2 aliphatic rings. The van der Waals surface area contributed by atoms with Crippen molar-refractivity contribution in [2.45, 2.75) is 39.0 Å². The van der Waals surface area contributed by atoms with Crippen LogP contribution in [0.5, 0.6) is 0 Å². The molecule has 1 aromatic heterocycles. The highest BCUT2D eigenvalue weighted by atomic mass is 16.5. The molecule has 0 bridgehead atoms. The molecule has 3 heterocycles. The summed E-state index contributed by atoms with van der Waals surface area (Å²) >= 11 is 0. The number of hydrogen-bond acceptors (Lipinski definition) is 3. The van der Waals surface area contributed by atoms with Crippen molar-refractivity contribution in [3.8, 4) is 0 Å². The second kappa shape index (κ2) is 7.60. The number of rotatable bonds is 5. The number of amides is 2. The summed E-state index contributed by atoms with van der Waals surface area (Å²) in [7, 11) is 1.67. The predicted octanol–water partition coefficient (Wildman–Crippen LogP) is 2.07. The van der Waals surface area contributed by atoms with E-state index in [0.717, 1.165) is 51.0 Å². The maximum atomic E-state index is 12.7. The highest BCUT2D eigenvalue weighted by Crippen LogP contribution is 2.40. The van der Waals surface area contributed by atoms with Gasteiger partial charge in [-0.2, -0.15) is 0 Å². The third kappa shape index (κ3) is 3.89. The summed E-state index contributed by atoms with van der Waals surface area (Å²) in [4.78, 5) is 31.9. The molecular weight excluding hydrogens is 318 g/mol. The van der Waals surface area contributed by atoms with Crippen molar-refractivity contribution in [2.75, 3.05) is 39.9 Å². The highest BCUT2D eigenvalue weighted by Gasteiger charge is 2.41. The molecule has 2 amide bonds. The first-order valence-electron chi connectivity index (χ1n) is 9.31. The fraction of sp³-hybridized carbons (Fsp3) is 0.684. The number of aromatic nitrogens is 1. The van der Waals surface area contributed by atoms with Gasteiger partial charge in [-0.05, 0) is 43.2 Å². The molecule has 25 heavy (non-hydrogen) atoms. The summed E-state index contributed by atoms with van der Waals surface area (Å²) < 4.78 is 5.13. The van der Waals surface area contributed by atoms with E-state index in [1.54, 1.807) is 7.11 Å². The standard InChI is InChI=1S/C19H29N3O3/c1-3-15-4-5-16(20-15)18(24)21-10-8-19(9-11-21)7-6-17(23)22(14-19)12-13-25-2/h4-5,20H,3,6-14H2,1-2H3. The molecule has 0 aromatic carbocycles. The molecule has 0 atom stereocenters. The Morgan fingerprint density at radius 2 is 2.04 bits per heavy atom. The van der Waals surface area contributed by atoms with Crippen LogP contribution in [-0.4, -0.2) is 66.5 Å². The van der Waals surface area contributed by atoms with Crippen LogP contribution in [0, 0.1) is 5.41 Å². The molecule has 0 aliphatic carbocycles. The van der Waals surface area contributed by atoms with E-state index in [4.69, 9.17) is 4.74 Å². The van der Waals surface area contributed by atoms with Crippen LogP contribution in [0.15, 0.2) is 12.1 Å². The van der Waals surface area contributed by atoms with Crippen molar-refractivity contribution >= 4 is 11.8 Å². The average Bonchev–Trinajstić information content (AvgIpc) is 3.12. The van der Waals surface area contributed by atoms with E-state index in [0.29, 0.717) is 25.3 Å². The average molecular weight is 347 g/mol. The van der Waals surface area contributed by atoms with Gasteiger partial charge in [0.15, 0.2) is 0 Å². The van der Waals surface area contributed by atoms with Crippen LogP contribution in [0.1, 0.15) is 48.8 Å². The Morgan fingerprint density at radius 1 is 1.28 bits per heavy atom. The first kappa shape index (κ1) is 18.0. The number of ether oxygens (including phenoxy) is 1. The highest BCUT2D eigenvalue weighted by molar-refractivity contribution is 5.92. The van der Waals surface area contributed by atoms with Gasteiger partial charge in [-0.1, -0.05) is 6.92 Å². The quantitative estimate of drug-likeness (QED) is 0.887. The molecule has 3 rings (SSSR count). The lowest BCUT2D eigenvalue weighted by Gasteiger charge is -2.47. The first-order valence-corrected chi connectivity index (χ1v) is 9.31. The van der Waals surface area contributed by atoms with Gasteiger partial charge in [0.1, 0.15) is 5.69 Å². The minimum atomic E-state index is 0.0951. The van der Waals surface area contributed by atoms with Crippen LogP contribution >= 0.6 is 0 Å². The van der Waals surface area contributed by atoms with Gasteiger partial charge < -0.3 is 19.5 Å². The third-order valence-electron chi connectivity index (χ3n) is 5.78. The summed E-state index contributed by atoms with van der Waals surface area (Å²) in [5.41, 5.74) is 1.95. The lowest BCUT2D eigenvalue weighted by atomic mass is 9.72. The van der Waals surface area contributed by atoms with Crippen molar-refractivity contribution in [1.82, 2.24) is 14.8 Å². The maximum Gasteiger partial charge on any atom is 0.270 e. The van der Waals surface area contributed by atoms with E-state index in [2.05, 4.69) is 11.9 Å². The number of nitrogens with zero attached hydrogens (tertiary/aromatic N) is 2. The monoisotopic (exact) mass is 347 g/mol. The van der Waals surface area contributed by atoms with Crippen molar-refractivity contribution in [3.63, 3.8) is 0 Å². The molecule has 138 valence electrons. The van der Waals surface area contributed by atoms with Gasteiger partial charge in [-0.15, -0.1) is 0 Å². The summed E-state index contributed by atoms with van der Waals surface area (Å²) in [5.74, 6) is 0.331. The minimum absolute atomic E-state index is 0.0951. The van der Waals surface area contributed by atoms with Gasteiger partial charge in [0.25, 0.3) is 5.91 Å². The molecule has 0 unspecified atom stereocenters. The van der Waals surface area contributed by atoms with Gasteiger partial charge in [-0.25, -0.2) is 0 Å². The molecule has 6 nitrogen and oxygen atoms in total. The second-order valence-corrected chi connectivity index (χ2v) is 7.35. The Hall–Kier alpha value is -1.82. The van der Waals surface area contributed by atoms with Gasteiger partial charge >= 0.3 is 0 Å². The zero-order chi connectivity index (χ0) is 17.9. The minimum Gasteiger partial charge on any atom is -0.383 e. The van der Waals surface area contributed by atoms with Gasteiger partial charge in [0.2, 0.25) is 5.91 Å². The second-order valence-electron chi connectivity index (χ2n) is 7.35. The van der Waals surface area contributed by atoms with Crippen LogP contribution < -0.4 is 0 Å². The number of carbonyl (C=O) groups excluding carboxylic acids is 2. The first-order chi connectivity index (χ1) is 12.1. The molecule has 1 spiro atoms. The molecule has 0 radical (unpaired) electrons. The lowest BCUT2D eigenvalue weighted by Crippen LogP contribution is -2.53. The molecule has 0 saturated carbocycles. The fourth-order valence-electron chi connectivity index (χ4n) is 4.04. The molecular formula is C19H29N3O3. The van der Waals surface area contributed by atoms with Crippen molar-refractivity contribution in [1.29, 1.82) is 0 Å². The summed E-state index contributed by atoms with van der Waals surface area (Å²) in [6.45, 7) is 5.67. The number of nitrogens with one attached hydrogen (secondary N) is 1. The molecule has 2 fully saturated rings. The number of piperidine rings is 2. The van der Waals surface area contributed by atoms with E-state index in [1.165, 1.54) is 0 Å². The van der Waals surface area contributed by atoms with Gasteiger partial charge in [-0.3, -0.25) is 9.59 Å². The summed E-state index contributed by atoms with van der Waals surface area (Å²) in [6, 6.07) is 3.87. The van der Waals surface area contributed by atoms with E-state index < -0.39 is 0 Å². The van der Waals surface area contributed by atoms with E-state index in [1.807, 2.05) is 21.9 Å². The van der Waals surface area contributed by atoms with E-state index in [-0.39, 0.29) is 17.2 Å². The smallest absolute Gasteiger partial charge is 0.270 e. The van der Waals surface area contributed by atoms with Crippen molar-refractivity contribution in [3.05, 3.63) is 23.5 Å². The van der Waals surface area contributed by atoms with Crippen molar-refractivity contribution < 1.29 is 14.3 Å². The number of hydrogen-bond donors (Lipinski definition) is 1. The van der Waals surface area contributed by atoms with Crippen LogP contribution in [0.25, 0.3) is 0 Å². The maximum absolute atomic E-state index is 12.7. The Labute approximate surface area is 149 Å². The zero-order valence-corrected chi connectivity index (χ0v) is 15.3. The summed E-state index contributed by atoms with van der Waals surface area (Å²) in [5, 5.41) is 0. The van der Waals surface area contributed by atoms with E-state index in [9.17, 15) is 9.59 Å². The molecule has 1 N–H and O–H groups in total. The largest absolute Gasteiger partial charge is 0.383 e. The number of carbonyl (C=O) groups is 2. The Bertz CT molecular complexity index is 617. The zero-order valence-electron chi connectivity index (χ0n) is 15.3. The number of H-pyrrole nitrogens is 1. The third-order valence-corrected chi connectivity index (χ3v) is 5.78. The SMILES string of the molecule is CCc1ccc(C(=O)N2CCC3(CCC(=O)N(CCOC)C3)CC2)[nH]1.